The van der Waals surface area contributed by atoms with E-state index in [9.17, 15) is 19.5 Å². The van der Waals surface area contributed by atoms with Gasteiger partial charge in [-0.15, -0.1) is 11.3 Å². The monoisotopic (exact) mass is 401 g/mol. The van der Waals surface area contributed by atoms with Gasteiger partial charge in [-0.1, -0.05) is 42.7 Å². The molecule has 0 radical (unpaired) electrons. The number of nitrogens with one attached hydrogen (secondary N) is 1. The average Bonchev–Trinajstić information content (AvgIpc) is 3.10. The summed E-state index contributed by atoms with van der Waals surface area (Å²) in [7, 11) is 1.30. The van der Waals surface area contributed by atoms with Crippen molar-refractivity contribution in [3.63, 3.8) is 0 Å². The molecular formula is C21H23NO5S. The maximum Gasteiger partial charge on any atom is 0.341 e. The number of aliphatic carboxylic acids is 1. The van der Waals surface area contributed by atoms with Crippen molar-refractivity contribution in [3.8, 4) is 11.1 Å². The van der Waals surface area contributed by atoms with E-state index in [1.165, 1.54) is 18.4 Å². The lowest BCUT2D eigenvalue weighted by molar-refractivity contribution is -0.147. The van der Waals surface area contributed by atoms with Gasteiger partial charge in [-0.3, -0.25) is 9.59 Å². The second-order valence-corrected chi connectivity index (χ2v) is 7.92. The van der Waals surface area contributed by atoms with Crippen LogP contribution in [0.4, 0.5) is 5.00 Å². The molecule has 1 heterocycles. The van der Waals surface area contributed by atoms with Crippen LogP contribution in [0.2, 0.25) is 0 Å². The summed E-state index contributed by atoms with van der Waals surface area (Å²) in [5.74, 6) is -3.12. The van der Waals surface area contributed by atoms with Gasteiger partial charge < -0.3 is 15.2 Å². The Balaban J connectivity index is 1.92. The Morgan fingerprint density at radius 1 is 1.18 bits per heavy atom. The number of hydrogen-bond donors (Lipinski definition) is 2. The first kappa shape index (κ1) is 20.1. The van der Waals surface area contributed by atoms with E-state index < -0.39 is 23.8 Å². The minimum atomic E-state index is -0.945. The van der Waals surface area contributed by atoms with Crippen LogP contribution in [0.3, 0.4) is 0 Å². The fourth-order valence-electron chi connectivity index (χ4n) is 3.72. The first-order valence-corrected chi connectivity index (χ1v) is 10.1. The van der Waals surface area contributed by atoms with Crippen molar-refractivity contribution in [2.45, 2.75) is 32.6 Å². The van der Waals surface area contributed by atoms with Gasteiger partial charge in [0.05, 0.1) is 18.9 Å². The van der Waals surface area contributed by atoms with Crippen molar-refractivity contribution >= 4 is 34.2 Å². The van der Waals surface area contributed by atoms with Crippen LogP contribution >= 0.6 is 11.3 Å². The SMILES string of the molecule is COC(=O)c1c(-c2cccc(C)c2)csc1NC(=O)[C@@H]1CCCC[C@@H]1C(=O)O. The zero-order chi connectivity index (χ0) is 20.3. The maximum absolute atomic E-state index is 12.8. The van der Waals surface area contributed by atoms with E-state index in [1.54, 1.807) is 0 Å². The van der Waals surface area contributed by atoms with Crippen molar-refractivity contribution in [1.29, 1.82) is 0 Å². The van der Waals surface area contributed by atoms with E-state index in [4.69, 9.17) is 4.74 Å². The molecule has 2 N–H and O–H groups in total. The van der Waals surface area contributed by atoms with Gasteiger partial charge in [0.15, 0.2) is 0 Å². The van der Waals surface area contributed by atoms with E-state index in [0.717, 1.165) is 24.0 Å². The summed E-state index contributed by atoms with van der Waals surface area (Å²) in [4.78, 5) is 36.8. The number of carbonyl (C=O) groups excluding carboxylic acids is 2. The molecule has 2 aromatic rings. The summed E-state index contributed by atoms with van der Waals surface area (Å²) in [6.45, 7) is 1.96. The van der Waals surface area contributed by atoms with Gasteiger partial charge in [0.25, 0.3) is 0 Å². The highest BCUT2D eigenvalue weighted by Gasteiger charge is 2.36. The zero-order valence-corrected chi connectivity index (χ0v) is 16.7. The number of aryl methyl sites for hydroxylation is 1. The highest BCUT2D eigenvalue weighted by atomic mass is 32.1. The Morgan fingerprint density at radius 3 is 2.54 bits per heavy atom. The molecule has 2 atom stereocenters. The predicted molar refractivity (Wildman–Crippen MR) is 108 cm³/mol. The molecule has 0 saturated heterocycles. The highest BCUT2D eigenvalue weighted by molar-refractivity contribution is 7.15. The second-order valence-electron chi connectivity index (χ2n) is 7.04. The Labute approximate surface area is 167 Å². The highest BCUT2D eigenvalue weighted by Crippen LogP contribution is 2.38. The van der Waals surface area contributed by atoms with Gasteiger partial charge in [-0.05, 0) is 25.3 Å². The number of hydrogen-bond acceptors (Lipinski definition) is 5. The van der Waals surface area contributed by atoms with Gasteiger partial charge in [0, 0.05) is 10.9 Å². The third-order valence-electron chi connectivity index (χ3n) is 5.17. The molecule has 1 saturated carbocycles. The van der Waals surface area contributed by atoms with Gasteiger partial charge in [0.2, 0.25) is 5.91 Å². The fraction of sp³-hybridized carbons (Fsp3) is 0.381. The molecule has 148 valence electrons. The van der Waals surface area contributed by atoms with Crippen molar-refractivity contribution in [2.24, 2.45) is 11.8 Å². The molecule has 1 amide bonds. The van der Waals surface area contributed by atoms with Crippen LogP contribution in [0.25, 0.3) is 11.1 Å². The molecule has 6 nitrogen and oxygen atoms in total. The molecule has 1 fully saturated rings. The maximum atomic E-state index is 12.8. The minimum absolute atomic E-state index is 0.300. The first-order chi connectivity index (χ1) is 13.4. The summed E-state index contributed by atoms with van der Waals surface area (Å²) in [5.41, 5.74) is 2.90. The average molecular weight is 401 g/mol. The Bertz CT molecular complexity index is 904. The van der Waals surface area contributed by atoms with Crippen LogP contribution in [0.1, 0.15) is 41.6 Å². The van der Waals surface area contributed by atoms with Crippen LogP contribution in [-0.4, -0.2) is 30.1 Å². The second kappa shape index (κ2) is 8.56. The number of carboxylic acid groups (broad SMARTS) is 1. The molecule has 0 aliphatic heterocycles. The van der Waals surface area contributed by atoms with Crippen molar-refractivity contribution in [3.05, 3.63) is 40.8 Å². The quantitative estimate of drug-likeness (QED) is 0.727. The number of carbonyl (C=O) groups is 3. The van der Waals surface area contributed by atoms with Crippen LogP contribution < -0.4 is 5.32 Å². The number of carboxylic acids is 1. The summed E-state index contributed by atoms with van der Waals surface area (Å²) in [5, 5.41) is 14.4. The number of benzene rings is 1. The molecule has 0 unspecified atom stereocenters. The van der Waals surface area contributed by atoms with Crippen LogP contribution in [0.5, 0.6) is 0 Å². The number of ether oxygens (including phenoxy) is 1. The number of rotatable bonds is 5. The standard InChI is InChI=1S/C21H23NO5S/c1-12-6-5-7-13(10-12)16-11-28-19(17(16)21(26)27-2)22-18(23)14-8-3-4-9-15(14)20(24)25/h5-7,10-11,14-15H,3-4,8-9H2,1-2H3,(H,22,23)(H,24,25)/t14-,15+/m1/s1. The lowest BCUT2D eigenvalue weighted by Crippen LogP contribution is -2.36. The Hall–Kier alpha value is -2.67. The number of amides is 1. The minimum Gasteiger partial charge on any atom is -0.481 e. The van der Waals surface area contributed by atoms with Crippen molar-refractivity contribution in [1.82, 2.24) is 0 Å². The molecular weight excluding hydrogens is 378 g/mol. The van der Waals surface area contributed by atoms with E-state index in [1.807, 2.05) is 36.6 Å². The van der Waals surface area contributed by atoms with Crippen LogP contribution in [0.15, 0.2) is 29.6 Å². The van der Waals surface area contributed by atoms with E-state index in [2.05, 4.69) is 5.32 Å². The summed E-state index contributed by atoms with van der Waals surface area (Å²) in [6, 6.07) is 7.73. The number of methoxy groups -OCH3 is 1. The van der Waals surface area contributed by atoms with Gasteiger partial charge >= 0.3 is 11.9 Å². The van der Waals surface area contributed by atoms with E-state index in [0.29, 0.717) is 29.0 Å². The van der Waals surface area contributed by atoms with Crippen molar-refractivity contribution < 1.29 is 24.2 Å². The fourth-order valence-corrected chi connectivity index (χ4v) is 4.68. The van der Waals surface area contributed by atoms with Crippen LogP contribution in [-0.2, 0) is 14.3 Å². The summed E-state index contributed by atoms with van der Waals surface area (Å²) >= 11 is 1.24. The lowest BCUT2D eigenvalue weighted by atomic mass is 9.79. The molecule has 1 aliphatic carbocycles. The third kappa shape index (κ3) is 4.09. The zero-order valence-electron chi connectivity index (χ0n) is 15.9. The number of anilines is 1. The molecule has 0 bridgehead atoms. The van der Waals surface area contributed by atoms with Gasteiger partial charge in [-0.2, -0.15) is 0 Å². The van der Waals surface area contributed by atoms with E-state index >= 15 is 0 Å². The molecule has 1 aromatic heterocycles. The number of thiophene rings is 1. The molecule has 1 aromatic carbocycles. The van der Waals surface area contributed by atoms with Gasteiger partial charge in [-0.25, -0.2) is 4.79 Å². The lowest BCUT2D eigenvalue weighted by Gasteiger charge is -2.27. The summed E-state index contributed by atoms with van der Waals surface area (Å²) in [6.07, 6.45) is 2.66. The van der Waals surface area contributed by atoms with Crippen LogP contribution in [0, 0.1) is 18.8 Å². The molecule has 1 aliphatic rings. The van der Waals surface area contributed by atoms with E-state index in [-0.39, 0.29) is 5.91 Å². The number of esters is 1. The molecule has 28 heavy (non-hydrogen) atoms. The van der Waals surface area contributed by atoms with Gasteiger partial charge in [0.1, 0.15) is 10.6 Å². The molecule has 3 rings (SSSR count). The topological polar surface area (TPSA) is 92.7 Å². The largest absolute Gasteiger partial charge is 0.481 e. The molecule has 0 spiro atoms. The third-order valence-corrected chi connectivity index (χ3v) is 6.06. The summed E-state index contributed by atoms with van der Waals surface area (Å²) < 4.78 is 4.94. The molecule has 7 heteroatoms. The smallest absolute Gasteiger partial charge is 0.341 e. The Morgan fingerprint density at radius 2 is 1.89 bits per heavy atom. The first-order valence-electron chi connectivity index (χ1n) is 9.23. The predicted octanol–water partition coefficient (Wildman–Crippen LogP) is 4.34. The normalized spacial score (nSPS) is 19.1. The van der Waals surface area contributed by atoms with Crippen molar-refractivity contribution in [2.75, 3.05) is 12.4 Å². The Kier molecular flexibility index (Phi) is 6.14.